The van der Waals surface area contributed by atoms with Crippen LogP contribution in [0.2, 0.25) is 0 Å². The van der Waals surface area contributed by atoms with Crippen molar-refractivity contribution in [2.24, 2.45) is 5.92 Å². The van der Waals surface area contributed by atoms with Crippen LogP contribution in [0.5, 0.6) is 0 Å². The van der Waals surface area contributed by atoms with E-state index in [2.05, 4.69) is 16.8 Å². The fourth-order valence-corrected chi connectivity index (χ4v) is 3.06. The number of hydrogen-bond acceptors (Lipinski definition) is 3. The minimum Gasteiger partial charge on any atom is -0.317 e. The molecule has 0 saturated carbocycles. The van der Waals surface area contributed by atoms with Gasteiger partial charge in [0.2, 0.25) is 0 Å². The van der Waals surface area contributed by atoms with E-state index in [0.29, 0.717) is 0 Å². The minimum absolute atomic E-state index is 0.121. The molecule has 2 aliphatic rings. The Balaban J connectivity index is 1.91. The molecule has 2 rings (SSSR count). The molecule has 2 aliphatic heterocycles. The second-order valence-electron chi connectivity index (χ2n) is 5.31. The molecule has 3 heteroatoms. The standard InChI is InChI=1S/C14H24N2O/c1-2-14(17)13-5-3-4-10-16(13)11-12-6-8-15-9-7-12/h2,12-13,15H,1,3-11H2. The predicted octanol–water partition coefficient (Wildman–Crippen LogP) is 1.60. The van der Waals surface area contributed by atoms with Gasteiger partial charge in [-0.25, -0.2) is 0 Å². The van der Waals surface area contributed by atoms with E-state index in [4.69, 9.17) is 0 Å². The number of piperidine rings is 2. The maximum absolute atomic E-state index is 11.8. The highest BCUT2D eigenvalue weighted by Gasteiger charge is 2.28. The van der Waals surface area contributed by atoms with Crippen LogP contribution in [0.15, 0.2) is 12.7 Å². The molecular formula is C14H24N2O. The van der Waals surface area contributed by atoms with E-state index in [0.717, 1.165) is 38.5 Å². The van der Waals surface area contributed by atoms with Crippen molar-refractivity contribution in [2.45, 2.75) is 38.1 Å². The Hall–Kier alpha value is -0.670. The predicted molar refractivity (Wildman–Crippen MR) is 70.0 cm³/mol. The highest BCUT2D eigenvalue weighted by Crippen LogP contribution is 2.22. The molecule has 2 heterocycles. The van der Waals surface area contributed by atoms with E-state index in [1.165, 1.54) is 31.8 Å². The maximum Gasteiger partial charge on any atom is 0.172 e. The van der Waals surface area contributed by atoms with Crippen molar-refractivity contribution in [3.63, 3.8) is 0 Å². The van der Waals surface area contributed by atoms with Crippen LogP contribution in [-0.4, -0.2) is 42.9 Å². The Morgan fingerprint density at radius 1 is 1.29 bits per heavy atom. The molecule has 1 N–H and O–H groups in total. The SMILES string of the molecule is C=CC(=O)C1CCCCN1CC1CCNCC1. The molecule has 17 heavy (non-hydrogen) atoms. The van der Waals surface area contributed by atoms with E-state index in [1.54, 1.807) is 0 Å². The third-order valence-corrected chi connectivity index (χ3v) is 4.09. The minimum atomic E-state index is 0.121. The monoisotopic (exact) mass is 236 g/mol. The number of hydrogen-bond donors (Lipinski definition) is 1. The largest absolute Gasteiger partial charge is 0.317 e. The van der Waals surface area contributed by atoms with Crippen LogP contribution < -0.4 is 5.32 Å². The smallest absolute Gasteiger partial charge is 0.172 e. The molecule has 1 atom stereocenters. The number of carbonyl (C=O) groups excluding carboxylic acids is 1. The summed E-state index contributed by atoms with van der Waals surface area (Å²) in [6, 6.07) is 0.121. The zero-order valence-corrected chi connectivity index (χ0v) is 10.7. The molecular weight excluding hydrogens is 212 g/mol. The summed E-state index contributed by atoms with van der Waals surface area (Å²) >= 11 is 0. The molecule has 0 aromatic rings. The molecule has 0 aromatic carbocycles. The van der Waals surface area contributed by atoms with Gasteiger partial charge in [0, 0.05) is 6.54 Å². The Morgan fingerprint density at radius 3 is 2.76 bits per heavy atom. The third-order valence-electron chi connectivity index (χ3n) is 4.09. The number of rotatable bonds is 4. The number of carbonyl (C=O) groups is 1. The van der Waals surface area contributed by atoms with E-state index < -0.39 is 0 Å². The number of likely N-dealkylation sites (tertiary alicyclic amines) is 1. The van der Waals surface area contributed by atoms with Gasteiger partial charge in [-0.3, -0.25) is 9.69 Å². The highest BCUT2D eigenvalue weighted by molar-refractivity contribution is 5.93. The van der Waals surface area contributed by atoms with Gasteiger partial charge in [-0.1, -0.05) is 13.0 Å². The lowest BCUT2D eigenvalue weighted by Crippen LogP contribution is -2.47. The molecule has 0 amide bonds. The summed E-state index contributed by atoms with van der Waals surface area (Å²) in [5.41, 5.74) is 0. The Morgan fingerprint density at radius 2 is 2.06 bits per heavy atom. The summed E-state index contributed by atoms with van der Waals surface area (Å²) in [6.07, 6.45) is 7.47. The number of ketones is 1. The molecule has 0 bridgehead atoms. The van der Waals surface area contributed by atoms with Crippen molar-refractivity contribution >= 4 is 5.78 Å². The Bertz CT molecular complexity index is 271. The quantitative estimate of drug-likeness (QED) is 0.752. The van der Waals surface area contributed by atoms with Crippen molar-refractivity contribution in [2.75, 3.05) is 26.2 Å². The Labute approximate surface area is 104 Å². The van der Waals surface area contributed by atoms with Crippen LogP contribution in [0.4, 0.5) is 0 Å². The van der Waals surface area contributed by atoms with E-state index in [-0.39, 0.29) is 11.8 Å². The summed E-state index contributed by atoms with van der Waals surface area (Å²) in [5, 5.41) is 3.40. The molecule has 2 saturated heterocycles. The molecule has 1 unspecified atom stereocenters. The van der Waals surface area contributed by atoms with Crippen LogP contribution in [0.1, 0.15) is 32.1 Å². The summed E-state index contributed by atoms with van der Waals surface area (Å²) in [4.78, 5) is 14.3. The average molecular weight is 236 g/mol. The molecule has 0 aromatic heterocycles. The van der Waals surface area contributed by atoms with Gasteiger partial charge in [-0.15, -0.1) is 0 Å². The summed E-state index contributed by atoms with van der Waals surface area (Å²) in [6.45, 7) is 8.10. The van der Waals surface area contributed by atoms with Crippen LogP contribution >= 0.6 is 0 Å². The normalized spacial score (nSPS) is 27.9. The molecule has 2 fully saturated rings. The molecule has 0 radical (unpaired) electrons. The highest BCUT2D eigenvalue weighted by atomic mass is 16.1. The van der Waals surface area contributed by atoms with Crippen molar-refractivity contribution in [1.82, 2.24) is 10.2 Å². The van der Waals surface area contributed by atoms with Gasteiger partial charge in [-0.05, 0) is 57.3 Å². The summed E-state index contributed by atoms with van der Waals surface area (Å²) in [7, 11) is 0. The lowest BCUT2D eigenvalue weighted by molar-refractivity contribution is -0.121. The first-order valence-electron chi connectivity index (χ1n) is 6.92. The van der Waals surface area contributed by atoms with Gasteiger partial charge < -0.3 is 5.32 Å². The van der Waals surface area contributed by atoms with Crippen molar-refractivity contribution in [3.8, 4) is 0 Å². The zero-order valence-electron chi connectivity index (χ0n) is 10.7. The second-order valence-corrected chi connectivity index (χ2v) is 5.31. The lowest BCUT2D eigenvalue weighted by atomic mass is 9.93. The fourth-order valence-electron chi connectivity index (χ4n) is 3.06. The van der Waals surface area contributed by atoms with Crippen molar-refractivity contribution < 1.29 is 4.79 Å². The van der Waals surface area contributed by atoms with Crippen molar-refractivity contribution in [3.05, 3.63) is 12.7 Å². The fraction of sp³-hybridized carbons (Fsp3) is 0.786. The Kier molecular flexibility index (Phi) is 4.75. The summed E-state index contributed by atoms with van der Waals surface area (Å²) in [5.74, 6) is 0.994. The van der Waals surface area contributed by atoms with E-state index >= 15 is 0 Å². The second kappa shape index (κ2) is 6.31. The first-order valence-corrected chi connectivity index (χ1v) is 6.92. The first kappa shape index (κ1) is 12.8. The van der Waals surface area contributed by atoms with E-state index in [9.17, 15) is 4.79 Å². The zero-order chi connectivity index (χ0) is 12.1. The van der Waals surface area contributed by atoms with Gasteiger partial charge in [0.1, 0.15) is 0 Å². The molecule has 0 aliphatic carbocycles. The average Bonchev–Trinajstić information content (AvgIpc) is 2.40. The van der Waals surface area contributed by atoms with Crippen LogP contribution in [0.3, 0.4) is 0 Å². The van der Waals surface area contributed by atoms with Gasteiger partial charge in [-0.2, -0.15) is 0 Å². The maximum atomic E-state index is 11.8. The summed E-state index contributed by atoms with van der Waals surface area (Å²) < 4.78 is 0. The first-order chi connectivity index (χ1) is 8.31. The van der Waals surface area contributed by atoms with Gasteiger partial charge >= 0.3 is 0 Å². The van der Waals surface area contributed by atoms with Gasteiger partial charge in [0.15, 0.2) is 5.78 Å². The number of nitrogens with one attached hydrogen (secondary N) is 1. The van der Waals surface area contributed by atoms with E-state index in [1.807, 2.05) is 0 Å². The lowest BCUT2D eigenvalue weighted by Gasteiger charge is -2.37. The molecule has 96 valence electrons. The topological polar surface area (TPSA) is 32.3 Å². The van der Waals surface area contributed by atoms with Gasteiger partial charge in [0.05, 0.1) is 6.04 Å². The molecule has 0 spiro atoms. The van der Waals surface area contributed by atoms with Crippen molar-refractivity contribution in [1.29, 1.82) is 0 Å². The van der Waals surface area contributed by atoms with Gasteiger partial charge in [0.25, 0.3) is 0 Å². The third kappa shape index (κ3) is 3.39. The van der Waals surface area contributed by atoms with Crippen LogP contribution in [0, 0.1) is 5.92 Å². The van der Waals surface area contributed by atoms with Crippen LogP contribution in [-0.2, 0) is 4.79 Å². The number of nitrogens with zero attached hydrogens (tertiary/aromatic N) is 1. The molecule has 3 nitrogen and oxygen atoms in total. The van der Waals surface area contributed by atoms with Crippen LogP contribution in [0.25, 0.3) is 0 Å².